The Hall–Kier alpha value is -2.68. The molecule has 3 aromatic carbocycles. The van der Waals surface area contributed by atoms with Gasteiger partial charge in [0.05, 0.1) is 8.07 Å². The molecular weight excluding hydrogens is 481 g/mol. The Morgan fingerprint density at radius 3 is 2.19 bits per heavy atom. The molecule has 0 spiro atoms. The van der Waals surface area contributed by atoms with Crippen molar-refractivity contribution in [1.82, 2.24) is 0 Å². The Labute approximate surface area is 227 Å². The molecule has 0 fully saturated rings. The van der Waals surface area contributed by atoms with Crippen LogP contribution in [-0.4, -0.2) is 8.07 Å². The lowest BCUT2D eigenvalue weighted by molar-refractivity contribution is 0.590. The van der Waals surface area contributed by atoms with Crippen molar-refractivity contribution in [2.24, 2.45) is 0 Å². The third-order valence-corrected chi connectivity index (χ3v) is 15.0. The molecular formula is C35H38SSi. The van der Waals surface area contributed by atoms with E-state index in [1.807, 2.05) is 11.3 Å². The largest absolute Gasteiger partial charge is 0.139 e. The topological polar surface area (TPSA) is 0 Å². The first-order valence-electron chi connectivity index (χ1n) is 13.6. The van der Waals surface area contributed by atoms with Gasteiger partial charge in [-0.2, -0.15) is 0 Å². The second-order valence-electron chi connectivity index (χ2n) is 12.9. The van der Waals surface area contributed by atoms with E-state index in [1.165, 1.54) is 43.5 Å². The summed E-state index contributed by atoms with van der Waals surface area (Å²) in [5, 5.41) is 1.45. The zero-order valence-corrected chi connectivity index (χ0v) is 25.3. The van der Waals surface area contributed by atoms with Gasteiger partial charge < -0.3 is 0 Å². The molecule has 37 heavy (non-hydrogen) atoms. The van der Waals surface area contributed by atoms with Gasteiger partial charge in [0, 0.05) is 26.0 Å². The summed E-state index contributed by atoms with van der Waals surface area (Å²) >= 11 is 2.05. The second kappa shape index (κ2) is 8.41. The number of hydrogen-bond acceptors (Lipinski definition) is 1. The lowest BCUT2D eigenvalue weighted by Crippen LogP contribution is -2.42. The number of benzene rings is 3. The molecule has 2 unspecified atom stereocenters. The van der Waals surface area contributed by atoms with Crippen LogP contribution in [0.2, 0.25) is 13.1 Å². The van der Waals surface area contributed by atoms with Gasteiger partial charge in [-0.25, -0.2) is 0 Å². The summed E-state index contributed by atoms with van der Waals surface area (Å²) in [4.78, 5) is 1.63. The minimum absolute atomic E-state index is 0.171. The Kier molecular flexibility index (Phi) is 5.60. The normalized spacial score (nSPS) is 19.4. The van der Waals surface area contributed by atoms with E-state index in [0.717, 1.165) is 0 Å². The molecule has 1 heterocycles. The molecule has 0 saturated heterocycles. The van der Waals surface area contributed by atoms with Crippen LogP contribution in [0.1, 0.15) is 79.8 Å². The van der Waals surface area contributed by atoms with Crippen molar-refractivity contribution in [1.29, 1.82) is 0 Å². The molecule has 2 heteroatoms. The number of thiophene rings is 1. The van der Waals surface area contributed by atoms with Gasteiger partial charge in [0.2, 0.25) is 0 Å². The summed E-state index contributed by atoms with van der Waals surface area (Å²) < 4.78 is 1.44. The fraction of sp³-hybridized carbons (Fsp3) is 0.314. The molecule has 2 atom stereocenters. The fourth-order valence-corrected chi connectivity index (χ4v) is 14.5. The molecule has 6 rings (SSSR count). The van der Waals surface area contributed by atoms with Crippen LogP contribution in [0.5, 0.6) is 0 Å². The van der Waals surface area contributed by atoms with E-state index in [1.54, 1.807) is 21.6 Å². The number of allylic oxidation sites excluding steroid dienone is 3. The monoisotopic (exact) mass is 518 g/mol. The summed E-state index contributed by atoms with van der Waals surface area (Å²) in [6, 6.07) is 25.3. The third kappa shape index (κ3) is 3.67. The molecule has 0 saturated carbocycles. The van der Waals surface area contributed by atoms with Gasteiger partial charge in [-0.05, 0) is 71.2 Å². The van der Waals surface area contributed by atoms with Crippen molar-refractivity contribution >= 4 is 41.1 Å². The summed E-state index contributed by atoms with van der Waals surface area (Å²) in [5.74, 6) is 0. The van der Waals surface area contributed by atoms with E-state index in [2.05, 4.69) is 127 Å². The summed E-state index contributed by atoms with van der Waals surface area (Å²) in [5.41, 5.74) is 14.6. The van der Waals surface area contributed by atoms with Gasteiger partial charge >= 0.3 is 0 Å². The molecule has 0 aliphatic heterocycles. The summed E-state index contributed by atoms with van der Waals surface area (Å²) in [6.45, 7) is 19.3. The van der Waals surface area contributed by atoms with E-state index >= 15 is 0 Å². The fourth-order valence-electron chi connectivity index (χ4n) is 7.27. The smallest absolute Gasteiger partial charge is 0.0732 e. The maximum Gasteiger partial charge on any atom is 0.0732 e. The van der Waals surface area contributed by atoms with Crippen molar-refractivity contribution < 1.29 is 0 Å². The van der Waals surface area contributed by atoms with Crippen LogP contribution in [0.15, 0.2) is 77.9 Å². The highest BCUT2D eigenvalue weighted by molar-refractivity contribution is 7.20. The second-order valence-corrected chi connectivity index (χ2v) is 18.7. The van der Waals surface area contributed by atoms with Gasteiger partial charge in [0.15, 0.2) is 0 Å². The first kappa shape index (κ1) is 24.6. The van der Waals surface area contributed by atoms with E-state index in [4.69, 9.17) is 0 Å². The first-order valence-corrected chi connectivity index (χ1v) is 17.6. The zero-order valence-electron chi connectivity index (χ0n) is 23.5. The Morgan fingerprint density at radius 1 is 0.784 bits per heavy atom. The van der Waals surface area contributed by atoms with Crippen LogP contribution < -0.4 is 0 Å². The number of rotatable bonds is 3. The molecule has 0 N–H and O–H groups in total. The third-order valence-electron chi connectivity index (χ3n) is 9.11. The van der Waals surface area contributed by atoms with E-state index in [9.17, 15) is 0 Å². The molecule has 4 aromatic rings. The number of fused-ring (bicyclic) bond motifs is 4. The summed E-state index contributed by atoms with van der Waals surface area (Å²) in [6.07, 6.45) is 2.51. The van der Waals surface area contributed by atoms with Gasteiger partial charge in [0.25, 0.3) is 0 Å². The van der Waals surface area contributed by atoms with Crippen LogP contribution in [0.3, 0.4) is 0 Å². The lowest BCUT2D eigenvalue weighted by Gasteiger charge is -2.38. The van der Waals surface area contributed by atoms with E-state index in [-0.39, 0.29) is 5.41 Å². The Balaban J connectivity index is 1.45. The lowest BCUT2D eigenvalue weighted by atomic mass is 9.86. The molecule has 0 nitrogen and oxygen atoms in total. The molecule has 1 aromatic heterocycles. The van der Waals surface area contributed by atoms with E-state index < -0.39 is 8.07 Å². The average Bonchev–Trinajstić information content (AvgIpc) is 3.47. The van der Waals surface area contributed by atoms with Crippen molar-refractivity contribution in [3.8, 4) is 11.1 Å². The molecule has 2 aliphatic rings. The Bertz CT molecular complexity index is 1600. The van der Waals surface area contributed by atoms with Crippen molar-refractivity contribution in [2.45, 2.75) is 71.1 Å². The highest BCUT2D eigenvalue weighted by Crippen LogP contribution is 2.57. The molecule has 0 radical (unpaired) electrons. The van der Waals surface area contributed by atoms with Gasteiger partial charge in [-0.1, -0.05) is 112 Å². The Morgan fingerprint density at radius 2 is 1.49 bits per heavy atom. The first-order chi connectivity index (χ1) is 17.5. The minimum atomic E-state index is -1.84. The SMILES string of the molecule is CC1=Cc2c(-c3ccc(C(C)(C)C)cc3)cccc2C1[Si](C)(C)C1C(C)=C(C)c2c1sc1ccccc21. The van der Waals surface area contributed by atoms with Crippen LogP contribution in [0.4, 0.5) is 0 Å². The van der Waals surface area contributed by atoms with Gasteiger partial charge in [0.1, 0.15) is 0 Å². The maximum absolute atomic E-state index is 2.65. The quantitative estimate of drug-likeness (QED) is 0.237. The predicted octanol–water partition coefficient (Wildman–Crippen LogP) is 10.7. The molecule has 0 bridgehead atoms. The average molecular weight is 519 g/mol. The molecule has 2 aliphatic carbocycles. The molecule has 188 valence electrons. The highest BCUT2D eigenvalue weighted by Gasteiger charge is 2.48. The van der Waals surface area contributed by atoms with E-state index in [0.29, 0.717) is 11.1 Å². The van der Waals surface area contributed by atoms with Crippen LogP contribution in [0, 0.1) is 0 Å². The zero-order chi connectivity index (χ0) is 26.3. The minimum Gasteiger partial charge on any atom is -0.139 e. The molecule has 0 amide bonds. The van der Waals surface area contributed by atoms with Gasteiger partial charge in [-0.3, -0.25) is 0 Å². The van der Waals surface area contributed by atoms with Crippen LogP contribution in [-0.2, 0) is 5.41 Å². The highest BCUT2D eigenvalue weighted by atomic mass is 32.1. The number of hydrogen-bond donors (Lipinski definition) is 0. The van der Waals surface area contributed by atoms with Crippen LogP contribution >= 0.6 is 11.3 Å². The maximum atomic E-state index is 2.65. The van der Waals surface area contributed by atoms with Crippen molar-refractivity contribution in [3.63, 3.8) is 0 Å². The standard InChI is InChI=1S/C35H38SSi/c1-21-20-29-26(24-16-18-25(19-17-24)35(4,5)6)13-11-14-27(29)33(21)37(7,8)34-23(3)22(2)31-28-12-9-10-15-30(28)36-32(31)34/h9-20,33-34H,1-8H3. The summed E-state index contributed by atoms with van der Waals surface area (Å²) in [7, 11) is -1.84. The predicted molar refractivity (Wildman–Crippen MR) is 167 cm³/mol. The van der Waals surface area contributed by atoms with Crippen LogP contribution in [0.25, 0.3) is 32.9 Å². The van der Waals surface area contributed by atoms with Crippen molar-refractivity contribution in [3.05, 3.63) is 105 Å². The van der Waals surface area contributed by atoms with Crippen molar-refractivity contribution in [2.75, 3.05) is 0 Å². The van der Waals surface area contributed by atoms with Gasteiger partial charge in [-0.15, -0.1) is 11.3 Å².